The fourth-order valence-corrected chi connectivity index (χ4v) is 16.9. The zero-order valence-corrected chi connectivity index (χ0v) is 68.7. The highest BCUT2D eigenvalue weighted by atomic mass is 35.5. The number of benzene rings is 6. The summed E-state index contributed by atoms with van der Waals surface area (Å²) in [7, 11) is -16.4. The molecule has 0 aliphatic heterocycles. The number of para-hydroxylation sites is 1. The number of ketones is 3. The summed E-state index contributed by atoms with van der Waals surface area (Å²) in [6, 6.07) is 35.0. The number of esters is 2. The van der Waals surface area contributed by atoms with Crippen LogP contribution in [0.1, 0.15) is 123 Å². The van der Waals surface area contributed by atoms with Crippen LogP contribution in [0, 0.1) is 12.7 Å². The van der Waals surface area contributed by atoms with E-state index in [0.717, 1.165) is 16.3 Å². The molecule has 0 spiro atoms. The second-order valence-electron chi connectivity index (χ2n) is 25.1. The van der Waals surface area contributed by atoms with Gasteiger partial charge in [0, 0.05) is 15.4 Å². The van der Waals surface area contributed by atoms with Crippen molar-refractivity contribution < 1.29 is 98.6 Å². The van der Waals surface area contributed by atoms with E-state index in [4.69, 9.17) is 70.6 Å². The van der Waals surface area contributed by atoms with Gasteiger partial charge in [-0.1, -0.05) is 147 Å². The molecule has 8 N–H and O–H groups in total. The Hall–Kier alpha value is -6.13. The summed E-state index contributed by atoms with van der Waals surface area (Å²) in [5.74, 6) is -0.498. The maximum absolute atomic E-state index is 13.2. The number of hydrogen-bond acceptors (Lipinski definition) is 20. The molecule has 584 valence electrons. The van der Waals surface area contributed by atoms with E-state index >= 15 is 0 Å². The standard InChI is InChI=1S/C17H22NO4P.C14H21ClNO4P.C14H21FNO4P.C14H22NO4P.C13H19ClNO4P/c1-12(2)23(21,18-13(3)16(20)11-19)22-17-10-6-8-14-7-4-5-9-15(14)17;2*1-5-19-14(17)11(4)16-21(18,10(2)3)20-13-8-6-12(15)7-9-13;1-10(2)20(18,15-12(4)13(17)9-16)19-14-8-6-5-7-11(14)3;1-9(2)20(18,15-10(3)13(17)8-16)19-12-6-4-11(14)5-7-12/h4-10,12-13,19H,11H2,1-3H3,(H,18,21);2*6-11H,5H2,1-4H3,(H,16,18);5-8,10,12,16H,9H2,1-4H3,(H,15,18);4-7,9-10,16H,8H2,1-3H3,(H,15,18)/t13-,23?;2*11-,21?;12-,20?;10-,20?/m00000/s1. The molecule has 33 heteroatoms. The highest BCUT2D eigenvalue weighted by molar-refractivity contribution is 7.59. The van der Waals surface area contributed by atoms with Crippen LogP contribution in [0.15, 0.2) is 140 Å². The Morgan fingerprint density at radius 3 is 0.981 bits per heavy atom. The first-order valence-corrected chi connectivity index (χ1v) is 43.1. The molecule has 0 aliphatic rings. The summed E-state index contributed by atoms with van der Waals surface area (Å²) in [4.78, 5) is 57.7. The third kappa shape index (κ3) is 31.9. The molecule has 0 bridgehead atoms. The second kappa shape index (κ2) is 45.6. The van der Waals surface area contributed by atoms with E-state index in [1.165, 1.54) is 24.3 Å². The summed E-state index contributed by atoms with van der Waals surface area (Å²) in [5.41, 5.74) is -0.737. The summed E-state index contributed by atoms with van der Waals surface area (Å²) < 4.78 is 115. The van der Waals surface area contributed by atoms with Crippen molar-refractivity contribution in [2.45, 2.75) is 183 Å². The first-order valence-electron chi connectivity index (χ1n) is 33.9. The molecule has 6 aromatic carbocycles. The van der Waals surface area contributed by atoms with Crippen molar-refractivity contribution in [2.24, 2.45) is 0 Å². The van der Waals surface area contributed by atoms with E-state index in [1.54, 1.807) is 184 Å². The molecule has 10 atom stereocenters. The van der Waals surface area contributed by atoms with Crippen molar-refractivity contribution in [3.05, 3.63) is 161 Å². The predicted octanol–water partition coefficient (Wildman–Crippen LogP) is 15.9. The van der Waals surface area contributed by atoms with E-state index in [1.807, 2.05) is 55.5 Å². The van der Waals surface area contributed by atoms with Crippen LogP contribution in [0.2, 0.25) is 10.0 Å². The molecule has 0 heterocycles. The predicted molar refractivity (Wildman–Crippen MR) is 414 cm³/mol. The number of carbonyl (C=O) groups excluding carboxylic acids is 5. The van der Waals surface area contributed by atoms with Crippen LogP contribution in [0.5, 0.6) is 28.7 Å². The van der Waals surface area contributed by atoms with Gasteiger partial charge in [0.25, 0.3) is 0 Å². The molecule has 25 nitrogen and oxygen atoms in total. The lowest BCUT2D eigenvalue weighted by Crippen LogP contribution is -2.36. The van der Waals surface area contributed by atoms with Crippen molar-refractivity contribution in [2.75, 3.05) is 33.0 Å². The maximum Gasteiger partial charge on any atom is 0.323 e. The van der Waals surface area contributed by atoms with Gasteiger partial charge in [-0.3, -0.25) is 46.8 Å². The minimum atomic E-state index is -3.34. The SMILES string of the molecule is CC(C)P(=O)(N[C@@H](C)C(=O)CO)Oc1ccc(Cl)cc1.CC(C)P(=O)(N[C@@H](C)C(=O)CO)Oc1cccc2ccccc12.CCOC(=O)[C@H](C)NP(=O)(Oc1ccc(Cl)cc1)C(C)C.CCOC(=O)[C@H](C)NP(=O)(Oc1ccc(F)cc1)C(C)C.Cc1ccccc1OP(=O)(N[C@@H](C)C(=O)CO)C(C)C. The molecule has 0 amide bonds. The Balaban J connectivity index is 0.000000446. The molecule has 6 aromatic rings. The molecule has 6 rings (SSSR count). The number of halogens is 3. The van der Waals surface area contributed by atoms with Crippen molar-refractivity contribution in [1.29, 1.82) is 0 Å². The van der Waals surface area contributed by atoms with Crippen LogP contribution in [-0.4, -0.2) is 136 Å². The second-order valence-corrected chi connectivity index (χ2v) is 39.4. The first-order chi connectivity index (χ1) is 49.0. The number of ether oxygens (including phenoxy) is 2. The lowest BCUT2D eigenvalue weighted by Gasteiger charge is -2.27. The number of Topliss-reactive ketones (excluding diaryl/α,β-unsaturated/α-hetero) is 3. The smallest absolute Gasteiger partial charge is 0.323 e. The van der Waals surface area contributed by atoms with Crippen LogP contribution < -0.4 is 48.1 Å². The maximum atomic E-state index is 13.2. The van der Waals surface area contributed by atoms with E-state index < -0.39 is 123 Å². The minimum Gasteiger partial charge on any atom is -0.465 e. The molecule has 5 unspecified atom stereocenters. The largest absolute Gasteiger partial charge is 0.465 e. The Labute approximate surface area is 627 Å². The molecule has 105 heavy (non-hydrogen) atoms. The lowest BCUT2D eigenvalue weighted by atomic mass is 10.1. The molecule has 0 aliphatic carbocycles. The molecule has 0 saturated heterocycles. The average molecular weight is 1610 g/mol. The average Bonchev–Trinajstić information content (AvgIpc) is 0.817. The molecule has 0 radical (unpaired) electrons. The highest BCUT2D eigenvalue weighted by Crippen LogP contribution is 2.53. The van der Waals surface area contributed by atoms with Crippen molar-refractivity contribution in [3.8, 4) is 28.7 Å². The summed E-state index contributed by atoms with van der Waals surface area (Å²) in [6.45, 7) is 29.4. The van der Waals surface area contributed by atoms with Crippen LogP contribution in [-0.2, 0) is 56.3 Å². The van der Waals surface area contributed by atoms with Crippen LogP contribution >= 0.6 is 60.8 Å². The van der Waals surface area contributed by atoms with Crippen LogP contribution in [0.4, 0.5) is 4.39 Å². The van der Waals surface area contributed by atoms with Gasteiger partial charge in [0.1, 0.15) is 66.5 Å². The van der Waals surface area contributed by atoms with Gasteiger partial charge in [0.2, 0.25) is 0 Å². The van der Waals surface area contributed by atoms with Crippen LogP contribution in [0.3, 0.4) is 0 Å². The van der Waals surface area contributed by atoms with Gasteiger partial charge in [-0.05, 0) is 151 Å². The van der Waals surface area contributed by atoms with Gasteiger partial charge in [0.15, 0.2) is 17.3 Å². The molecule has 0 aromatic heterocycles. The van der Waals surface area contributed by atoms with Crippen LogP contribution in [0.25, 0.3) is 10.8 Å². The molecular weight excluding hydrogens is 1500 g/mol. The van der Waals surface area contributed by atoms with Gasteiger partial charge in [0.05, 0.1) is 59.6 Å². The van der Waals surface area contributed by atoms with Crippen molar-refractivity contribution in [3.63, 3.8) is 0 Å². The van der Waals surface area contributed by atoms with E-state index in [2.05, 4.69) is 25.4 Å². The molecule has 0 saturated carbocycles. The third-order valence-electron chi connectivity index (χ3n) is 14.9. The number of fused-ring (bicyclic) bond motifs is 1. The number of rotatable bonds is 35. The zero-order valence-electron chi connectivity index (χ0n) is 62.7. The minimum absolute atomic E-state index is 0.246. The fourth-order valence-electron chi connectivity index (χ4n) is 8.20. The number of nitrogens with one attached hydrogen (secondary N) is 5. The number of aliphatic hydroxyl groups is 3. The summed E-state index contributed by atoms with van der Waals surface area (Å²) in [5, 5.41) is 43.3. The number of hydrogen-bond donors (Lipinski definition) is 8. The Morgan fingerprint density at radius 1 is 0.381 bits per heavy atom. The Morgan fingerprint density at radius 2 is 0.657 bits per heavy atom. The number of carbonyl (C=O) groups is 5. The van der Waals surface area contributed by atoms with Crippen molar-refractivity contribution in [1.82, 2.24) is 25.4 Å². The quantitative estimate of drug-likeness (QED) is 0.0135. The molecule has 0 fully saturated rings. The Bertz CT molecular complexity index is 3870. The first kappa shape index (κ1) is 94.9. The van der Waals surface area contributed by atoms with Gasteiger partial charge < -0.3 is 47.4 Å². The zero-order chi connectivity index (χ0) is 79.8. The topological polar surface area (TPSA) is 356 Å². The fraction of sp³-hybridized carbons (Fsp3) is 0.458. The van der Waals surface area contributed by atoms with Gasteiger partial charge in [-0.25, -0.2) is 29.8 Å². The Kier molecular flexibility index (Phi) is 41.3. The number of aryl methyl sites for hydroxylation is 1. The van der Waals surface area contributed by atoms with E-state index in [-0.39, 0.29) is 47.3 Å². The lowest BCUT2D eigenvalue weighted by molar-refractivity contribution is -0.145. The monoisotopic (exact) mass is 1600 g/mol. The van der Waals surface area contributed by atoms with Gasteiger partial charge >= 0.3 is 49.5 Å². The van der Waals surface area contributed by atoms with Gasteiger partial charge in [-0.15, -0.1) is 0 Å². The third-order valence-corrected chi connectivity index (χ3v) is 28.4. The van der Waals surface area contributed by atoms with Gasteiger partial charge in [-0.2, -0.15) is 0 Å². The molecular formula is C72H105Cl2FN5O20P5. The van der Waals surface area contributed by atoms with E-state index in [9.17, 15) is 51.2 Å². The number of aliphatic hydroxyl groups excluding tert-OH is 3. The summed E-state index contributed by atoms with van der Waals surface area (Å²) >= 11 is 11.6. The highest BCUT2D eigenvalue weighted by Gasteiger charge is 2.38. The van der Waals surface area contributed by atoms with Crippen molar-refractivity contribution >= 4 is 101 Å². The van der Waals surface area contributed by atoms with E-state index in [0.29, 0.717) is 33.0 Å². The normalized spacial score (nSPS) is 15.5. The summed E-state index contributed by atoms with van der Waals surface area (Å²) in [6.07, 6.45) is 0.